The molecule has 1 atom stereocenters. The van der Waals surface area contributed by atoms with E-state index in [0.717, 1.165) is 19.4 Å². The van der Waals surface area contributed by atoms with E-state index in [1.54, 1.807) is 18.3 Å². The second-order valence-corrected chi connectivity index (χ2v) is 4.63. The lowest BCUT2D eigenvalue weighted by molar-refractivity contribution is 0.276. The Morgan fingerprint density at radius 1 is 1.50 bits per heavy atom. The Kier molecular flexibility index (Phi) is 4.98. The zero-order chi connectivity index (χ0) is 12.6. The van der Waals surface area contributed by atoms with Crippen molar-refractivity contribution in [3.63, 3.8) is 0 Å². The molecule has 1 N–H and O–H groups in total. The van der Waals surface area contributed by atoms with Gasteiger partial charge in [0.2, 0.25) is 5.88 Å². The predicted octanol–water partition coefficient (Wildman–Crippen LogP) is 2.25. The number of hydrogen-bond donors (Lipinski definition) is 1. The van der Waals surface area contributed by atoms with Crippen LogP contribution in [0.1, 0.15) is 37.7 Å². The van der Waals surface area contributed by atoms with Gasteiger partial charge in [-0.2, -0.15) is 5.26 Å². The number of nitriles is 1. The van der Waals surface area contributed by atoms with Crippen LogP contribution in [0.3, 0.4) is 0 Å². The molecule has 0 unspecified atom stereocenters. The van der Waals surface area contributed by atoms with Gasteiger partial charge in [0, 0.05) is 18.3 Å². The topological polar surface area (TPSA) is 57.9 Å². The summed E-state index contributed by atoms with van der Waals surface area (Å²) in [5.41, 5.74) is 0.592. The monoisotopic (exact) mass is 245 g/mol. The number of piperidine rings is 1. The first-order valence-corrected chi connectivity index (χ1v) is 6.61. The quantitative estimate of drug-likeness (QED) is 0.808. The van der Waals surface area contributed by atoms with Crippen molar-refractivity contribution in [1.82, 2.24) is 10.3 Å². The lowest BCUT2D eigenvalue weighted by Gasteiger charge is -2.23. The Labute approximate surface area is 108 Å². The smallest absolute Gasteiger partial charge is 0.214 e. The fourth-order valence-corrected chi connectivity index (χ4v) is 2.23. The van der Waals surface area contributed by atoms with Crippen molar-refractivity contribution in [2.24, 2.45) is 0 Å². The molecule has 0 spiro atoms. The van der Waals surface area contributed by atoms with E-state index in [1.165, 1.54) is 19.3 Å². The number of ether oxygens (including phenoxy) is 1. The molecule has 0 saturated carbocycles. The minimum atomic E-state index is 0.547. The third-order valence-corrected chi connectivity index (χ3v) is 3.22. The molecule has 1 saturated heterocycles. The van der Waals surface area contributed by atoms with E-state index in [4.69, 9.17) is 10.00 Å². The standard InChI is InChI=1S/C14H19N3O/c15-11-12-6-8-17-14(10-12)18-9-3-5-13-4-1-2-7-16-13/h6,8,10,13,16H,1-5,7,9H2/t13-/m0/s1. The molecule has 2 rings (SSSR count). The van der Waals surface area contributed by atoms with Gasteiger partial charge in [0.15, 0.2) is 0 Å². The van der Waals surface area contributed by atoms with Gasteiger partial charge < -0.3 is 10.1 Å². The maximum Gasteiger partial charge on any atom is 0.214 e. The maximum atomic E-state index is 8.76. The van der Waals surface area contributed by atoms with Gasteiger partial charge >= 0.3 is 0 Å². The Hall–Kier alpha value is -1.60. The summed E-state index contributed by atoms with van der Waals surface area (Å²) in [5.74, 6) is 0.547. The van der Waals surface area contributed by atoms with Crippen LogP contribution in [-0.4, -0.2) is 24.2 Å². The van der Waals surface area contributed by atoms with Gasteiger partial charge in [-0.3, -0.25) is 0 Å². The molecule has 4 nitrogen and oxygen atoms in total. The molecule has 18 heavy (non-hydrogen) atoms. The Morgan fingerprint density at radius 2 is 2.44 bits per heavy atom. The largest absolute Gasteiger partial charge is 0.478 e. The zero-order valence-corrected chi connectivity index (χ0v) is 10.6. The summed E-state index contributed by atoms with van der Waals surface area (Å²) in [6.45, 7) is 1.82. The van der Waals surface area contributed by atoms with Crippen LogP contribution in [0.15, 0.2) is 18.3 Å². The zero-order valence-electron chi connectivity index (χ0n) is 10.6. The fraction of sp³-hybridized carbons (Fsp3) is 0.571. The van der Waals surface area contributed by atoms with Crippen molar-refractivity contribution in [3.8, 4) is 11.9 Å². The first-order chi connectivity index (χ1) is 8.88. The first kappa shape index (κ1) is 12.8. The third kappa shape index (κ3) is 4.01. The first-order valence-electron chi connectivity index (χ1n) is 6.61. The molecular formula is C14H19N3O. The molecule has 96 valence electrons. The highest BCUT2D eigenvalue weighted by atomic mass is 16.5. The number of aromatic nitrogens is 1. The fourth-order valence-electron chi connectivity index (χ4n) is 2.23. The summed E-state index contributed by atoms with van der Waals surface area (Å²) >= 11 is 0. The van der Waals surface area contributed by atoms with Gasteiger partial charge in [0.25, 0.3) is 0 Å². The molecule has 4 heteroatoms. The van der Waals surface area contributed by atoms with Crippen LogP contribution >= 0.6 is 0 Å². The van der Waals surface area contributed by atoms with E-state index in [-0.39, 0.29) is 0 Å². The maximum absolute atomic E-state index is 8.76. The Morgan fingerprint density at radius 3 is 3.22 bits per heavy atom. The molecule has 1 aliphatic rings. The van der Waals surface area contributed by atoms with E-state index >= 15 is 0 Å². The average Bonchev–Trinajstić information content (AvgIpc) is 2.45. The lowest BCUT2D eigenvalue weighted by Crippen LogP contribution is -2.34. The summed E-state index contributed by atoms with van der Waals surface area (Å²) < 4.78 is 5.55. The molecule has 0 aliphatic carbocycles. The van der Waals surface area contributed by atoms with Crippen molar-refractivity contribution >= 4 is 0 Å². The predicted molar refractivity (Wildman–Crippen MR) is 69.3 cm³/mol. The van der Waals surface area contributed by atoms with Gasteiger partial charge in [0.05, 0.1) is 18.2 Å². The van der Waals surface area contributed by atoms with Crippen molar-refractivity contribution in [2.75, 3.05) is 13.2 Å². The highest BCUT2D eigenvalue weighted by molar-refractivity contribution is 5.31. The number of pyridine rings is 1. The van der Waals surface area contributed by atoms with Crippen LogP contribution in [0.4, 0.5) is 0 Å². The number of hydrogen-bond acceptors (Lipinski definition) is 4. The van der Waals surface area contributed by atoms with Crippen molar-refractivity contribution in [2.45, 2.75) is 38.1 Å². The molecule has 1 aliphatic heterocycles. The number of rotatable bonds is 5. The highest BCUT2D eigenvalue weighted by Crippen LogP contribution is 2.13. The second kappa shape index (κ2) is 6.97. The van der Waals surface area contributed by atoms with E-state index in [0.29, 0.717) is 24.1 Å². The second-order valence-electron chi connectivity index (χ2n) is 4.63. The normalized spacial score (nSPS) is 19.2. The number of nitrogens with zero attached hydrogens (tertiary/aromatic N) is 2. The molecule has 0 amide bonds. The summed E-state index contributed by atoms with van der Waals surface area (Å²) in [4.78, 5) is 4.08. The average molecular weight is 245 g/mol. The molecule has 0 aromatic carbocycles. The van der Waals surface area contributed by atoms with E-state index < -0.39 is 0 Å². The molecule has 2 heterocycles. The van der Waals surface area contributed by atoms with Crippen LogP contribution in [0.2, 0.25) is 0 Å². The molecule has 1 aromatic rings. The van der Waals surface area contributed by atoms with Crippen molar-refractivity contribution < 1.29 is 4.74 Å². The van der Waals surface area contributed by atoms with Crippen LogP contribution in [0.5, 0.6) is 5.88 Å². The molecule has 1 aromatic heterocycles. The number of nitrogens with one attached hydrogen (secondary N) is 1. The molecule has 0 bridgehead atoms. The van der Waals surface area contributed by atoms with Crippen molar-refractivity contribution in [1.29, 1.82) is 5.26 Å². The summed E-state index contributed by atoms with van der Waals surface area (Å²) in [7, 11) is 0. The van der Waals surface area contributed by atoms with Crippen LogP contribution < -0.4 is 10.1 Å². The van der Waals surface area contributed by atoms with E-state index in [9.17, 15) is 0 Å². The Balaban J connectivity index is 1.67. The van der Waals surface area contributed by atoms with Crippen LogP contribution in [-0.2, 0) is 0 Å². The van der Waals surface area contributed by atoms with Crippen LogP contribution in [0, 0.1) is 11.3 Å². The van der Waals surface area contributed by atoms with Gasteiger partial charge in [-0.25, -0.2) is 4.98 Å². The SMILES string of the molecule is N#Cc1ccnc(OCCC[C@@H]2CCCCN2)c1. The molecule has 1 fully saturated rings. The summed E-state index contributed by atoms with van der Waals surface area (Å²) in [6, 6.07) is 6.09. The van der Waals surface area contributed by atoms with Crippen molar-refractivity contribution in [3.05, 3.63) is 23.9 Å². The van der Waals surface area contributed by atoms with E-state index in [1.807, 2.05) is 0 Å². The highest BCUT2D eigenvalue weighted by Gasteiger charge is 2.11. The molecular weight excluding hydrogens is 226 g/mol. The summed E-state index contributed by atoms with van der Waals surface area (Å²) in [6.07, 6.45) is 7.70. The minimum absolute atomic E-state index is 0.547. The van der Waals surface area contributed by atoms with Gasteiger partial charge in [-0.1, -0.05) is 6.42 Å². The molecule has 0 radical (unpaired) electrons. The van der Waals surface area contributed by atoms with Gasteiger partial charge in [-0.05, 0) is 38.3 Å². The Bertz CT molecular complexity index is 408. The lowest BCUT2D eigenvalue weighted by atomic mass is 10.0. The van der Waals surface area contributed by atoms with Gasteiger partial charge in [-0.15, -0.1) is 0 Å². The minimum Gasteiger partial charge on any atom is -0.478 e. The third-order valence-electron chi connectivity index (χ3n) is 3.22. The van der Waals surface area contributed by atoms with E-state index in [2.05, 4.69) is 16.4 Å². The van der Waals surface area contributed by atoms with Crippen LogP contribution in [0.25, 0.3) is 0 Å². The van der Waals surface area contributed by atoms with Gasteiger partial charge in [0.1, 0.15) is 0 Å². The summed E-state index contributed by atoms with van der Waals surface area (Å²) in [5, 5.41) is 12.3.